The van der Waals surface area contributed by atoms with E-state index < -0.39 is 5.41 Å². The maximum absolute atomic E-state index is 13.8. The molecule has 0 spiro atoms. The standard InChI is InChI=1S/C28H32N4O4/c1-19-8-3-4-10-21(19)28(17-25(34)32(27(28)35)14-15-36-2)16-24(33)31-13-7-9-20(18-31)26-29-22-11-5-6-12-23(22)30-26/h3-6,8,10-12,20H,7,9,13-18H2,1-2H3,(H,29,30). The minimum Gasteiger partial charge on any atom is -0.383 e. The van der Waals surface area contributed by atoms with Crippen molar-refractivity contribution in [3.63, 3.8) is 0 Å². The Bertz CT molecular complexity index is 1270. The molecule has 3 amide bonds. The number of hydrogen-bond acceptors (Lipinski definition) is 5. The van der Waals surface area contributed by atoms with E-state index in [-0.39, 0.29) is 49.6 Å². The summed E-state index contributed by atoms with van der Waals surface area (Å²) in [7, 11) is 1.54. The van der Waals surface area contributed by atoms with E-state index in [1.54, 1.807) is 0 Å². The Hall–Kier alpha value is -3.52. The number of piperidine rings is 1. The van der Waals surface area contributed by atoms with Crippen LogP contribution in [0.1, 0.15) is 48.6 Å². The van der Waals surface area contributed by atoms with E-state index >= 15 is 0 Å². The Kier molecular flexibility index (Phi) is 6.62. The number of carbonyl (C=O) groups excluding carboxylic acids is 3. The Morgan fingerprint density at radius 1 is 1.17 bits per heavy atom. The molecule has 3 aromatic rings. The lowest BCUT2D eigenvalue weighted by atomic mass is 9.73. The van der Waals surface area contributed by atoms with Crippen LogP contribution in [0.15, 0.2) is 48.5 Å². The van der Waals surface area contributed by atoms with Gasteiger partial charge in [0.25, 0.3) is 0 Å². The molecule has 2 atom stereocenters. The number of para-hydroxylation sites is 2. The number of rotatable bonds is 7. The molecule has 2 fully saturated rings. The quantitative estimate of drug-likeness (QED) is 0.515. The van der Waals surface area contributed by atoms with Crippen molar-refractivity contribution in [1.82, 2.24) is 19.8 Å². The molecule has 36 heavy (non-hydrogen) atoms. The Balaban J connectivity index is 1.41. The molecule has 2 saturated heterocycles. The van der Waals surface area contributed by atoms with Crippen molar-refractivity contribution in [2.24, 2.45) is 0 Å². The van der Waals surface area contributed by atoms with Gasteiger partial charge in [0.1, 0.15) is 5.82 Å². The highest BCUT2D eigenvalue weighted by Crippen LogP contribution is 2.42. The van der Waals surface area contributed by atoms with Gasteiger partial charge in [-0.25, -0.2) is 4.98 Å². The molecule has 1 aromatic heterocycles. The number of ether oxygens (including phenoxy) is 1. The van der Waals surface area contributed by atoms with Gasteiger partial charge in [0.05, 0.1) is 29.6 Å². The molecule has 2 aromatic carbocycles. The van der Waals surface area contributed by atoms with Gasteiger partial charge in [-0.3, -0.25) is 19.3 Å². The van der Waals surface area contributed by atoms with Gasteiger partial charge in [-0.05, 0) is 43.0 Å². The molecule has 3 heterocycles. The third-order valence-corrected chi connectivity index (χ3v) is 7.61. The van der Waals surface area contributed by atoms with Gasteiger partial charge in [-0.1, -0.05) is 36.4 Å². The van der Waals surface area contributed by atoms with E-state index in [2.05, 4.69) is 4.98 Å². The smallest absolute Gasteiger partial charge is 0.240 e. The van der Waals surface area contributed by atoms with Crippen molar-refractivity contribution in [1.29, 1.82) is 0 Å². The predicted molar refractivity (Wildman–Crippen MR) is 135 cm³/mol. The van der Waals surface area contributed by atoms with Crippen molar-refractivity contribution in [2.75, 3.05) is 33.4 Å². The van der Waals surface area contributed by atoms with Crippen LogP contribution in [0.25, 0.3) is 11.0 Å². The average Bonchev–Trinajstić information content (AvgIpc) is 3.42. The largest absolute Gasteiger partial charge is 0.383 e. The summed E-state index contributed by atoms with van der Waals surface area (Å²) >= 11 is 0. The minimum absolute atomic E-state index is 0.00696. The van der Waals surface area contributed by atoms with Crippen LogP contribution >= 0.6 is 0 Å². The van der Waals surface area contributed by atoms with Gasteiger partial charge in [-0.15, -0.1) is 0 Å². The first kappa shape index (κ1) is 24.2. The highest BCUT2D eigenvalue weighted by Gasteiger charge is 2.54. The second-order valence-corrected chi connectivity index (χ2v) is 9.91. The Labute approximate surface area is 210 Å². The number of fused-ring (bicyclic) bond motifs is 1. The highest BCUT2D eigenvalue weighted by atomic mass is 16.5. The van der Waals surface area contributed by atoms with Crippen LogP contribution < -0.4 is 0 Å². The number of aromatic amines is 1. The van der Waals surface area contributed by atoms with E-state index in [0.29, 0.717) is 13.1 Å². The zero-order valence-electron chi connectivity index (χ0n) is 20.8. The third kappa shape index (κ3) is 4.30. The number of nitrogens with one attached hydrogen (secondary N) is 1. The monoisotopic (exact) mass is 488 g/mol. The zero-order chi connectivity index (χ0) is 25.3. The maximum Gasteiger partial charge on any atom is 0.240 e. The van der Waals surface area contributed by atoms with Crippen LogP contribution in [0.4, 0.5) is 0 Å². The fourth-order valence-corrected chi connectivity index (χ4v) is 5.73. The van der Waals surface area contributed by atoms with Gasteiger partial charge in [0, 0.05) is 39.0 Å². The zero-order valence-corrected chi connectivity index (χ0v) is 20.8. The molecule has 2 aliphatic heterocycles. The number of methoxy groups -OCH3 is 1. The third-order valence-electron chi connectivity index (χ3n) is 7.61. The molecule has 2 unspecified atom stereocenters. The molecule has 2 aliphatic rings. The fraction of sp³-hybridized carbons (Fsp3) is 0.429. The van der Waals surface area contributed by atoms with Gasteiger partial charge < -0.3 is 14.6 Å². The summed E-state index contributed by atoms with van der Waals surface area (Å²) in [6.07, 6.45) is 1.76. The average molecular weight is 489 g/mol. The van der Waals surface area contributed by atoms with Crippen molar-refractivity contribution in [3.05, 3.63) is 65.5 Å². The molecular weight excluding hydrogens is 456 g/mol. The van der Waals surface area contributed by atoms with E-state index in [1.807, 2.05) is 60.4 Å². The lowest BCUT2D eigenvalue weighted by Gasteiger charge is -2.35. The summed E-state index contributed by atoms with van der Waals surface area (Å²) in [6.45, 7) is 3.55. The van der Waals surface area contributed by atoms with Gasteiger partial charge in [-0.2, -0.15) is 0 Å². The Morgan fingerprint density at radius 2 is 1.94 bits per heavy atom. The SMILES string of the molecule is COCCN1C(=O)CC(CC(=O)N2CCCC(c3nc4ccccc4[nH]3)C2)(c2ccccc2C)C1=O. The van der Waals surface area contributed by atoms with Crippen molar-refractivity contribution >= 4 is 28.8 Å². The number of carbonyl (C=O) groups is 3. The van der Waals surface area contributed by atoms with Crippen molar-refractivity contribution < 1.29 is 19.1 Å². The number of hydrogen-bond donors (Lipinski definition) is 1. The van der Waals surface area contributed by atoms with Crippen molar-refractivity contribution in [2.45, 2.75) is 43.9 Å². The van der Waals surface area contributed by atoms with E-state index in [1.165, 1.54) is 12.0 Å². The number of nitrogens with zero attached hydrogens (tertiary/aromatic N) is 3. The number of aromatic nitrogens is 2. The van der Waals surface area contributed by atoms with Crippen LogP contribution in [0.5, 0.6) is 0 Å². The molecule has 5 rings (SSSR count). The first-order valence-corrected chi connectivity index (χ1v) is 12.6. The topological polar surface area (TPSA) is 95.6 Å². The maximum atomic E-state index is 13.8. The van der Waals surface area contributed by atoms with Crippen molar-refractivity contribution in [3.8, 4) is 0 Å². The van der Waals surface area contributed by atoms with Gasteiger partial charge in [0.2, 0.25) is 17.7 Å². The first-order chi connectivity index (χ1) is 17.4. The van der Waals surface area contributed by atoms with E-state index in [0.717, 1.165) is 40.8 Å². The molecule has 8 nitrogen and oxygen atoms in total. The highest BCUT2D eigenvalue weighted by molar-refractivity contribution is 6.11. The summed E-state index contributed by atoms with van der Waals surface area (Å²) in [5, 5.41) is 0. The number of imide groups is 1. The molecular formula is C28H32N4O4. The number of benzene rings is 2. The van der Waals surface area contributed by atoms with Gasteiger partial charge >= 0.3 is 0 Å². The lowest BCUT2D eigenvalue weighted by molar-refractivity contribution is -0.143. The number of amides is 3. The van der Waals surface area contributed by atoms with Crippen LogP contribution in [0.3, 0.4) is 0 Å². The van der Waals surface area contributed by atoms with Crippen LogP contribution in [-0.4, -0.2) is 70.8 Å². The predicted octanol–water partition coefficient (Wildman–Crippen LogP) is 3.31. The minimum atomic E-state index is -1.19. The second kappa shape index (κ2) is 9.85. The van der Waals surface area contributed by atoms with E-state index in [4.69, 9.17) is 9.72 Å². The number of likely N-dealkylation sites (tertiary alicyclic amines) is 2. The summed E-state index contributed by atoms with van der Waals surface area (Å²) < 4.78 is 5.12. The summed E-state index contributed by atoms with van der Waals surface area (Å²) in [4.78, 5) is 51.8. The molecule has 1 N–H and O–H groups in total. The second-order valence-electron chi connectivity index (χ2n) is 9.91. The number of H-pyrrole nitrogens is 1. The summed E-state index contributed by atoms with van der Waals surface area (Å²) in [5.41, 5.74) is 2.36. The number of imidazole rings is 1. The van der Waals surface area contributed by atoms with Crippen LogP contribution in [-0.2, 0) is 24.5 Å². The number of aryl methyl sites for hydroxylation is 1. The molecule has 188 valence electrons. The van der Waals surface area contributed by atoms with Crippen LogP contribution in [0, 0.1) is 6.92 Å². The molecule has 0 radical (unpaired) electrons. The lowest BCUT2D eigenvalue weighted by Crippen LogP contribution is -2.46. The van der Waals surface area contributed by atoms with E-state index in [9.17, 15) is 14.4 Å². The summed E-state index contributed by atoms with van der Waals surface area (Å²) in [5.74, 6) is 0.322. The summed E-state index contributed by atoms with van der Waals surface area (Å²) in [6, 6.07) is 15.5. The molecule has 0 saturated carbocycles. The first-order valence-electron chi connectivity index (χ1n) is 12.6. The molecule has 0 aliphatic carbocycles. The normalized spacial score (nSPS) is 22.6. The molecule has 8 heteroatoms. The Morgan fingerprint density at radius 3 is 2.72 bits per heavy atom. The van der Waals surface area contributed by atoms with Crippen LogP contribution in [0.2, 0.25) is 0 Å². The fourth-order valence-electron chi connectivity index (χ4n) is 5.73. The van der Waals surface area contributed by atoms with Gasteiger partial charge in [0.15, 0.2) is 0 Å². The molecule has 0 bridgehead atoms.